The van der Waals surface area contributed by atoms with E-state index >= 15 is 0 Å². The molecule has 1 aromatic heterocycles. The van der Waals surface area contributed by atoms with E-state index in [-0.39, 0.29) is 0 Å². The second-order valence-electron chi connectivity index (χ2n) is 6.15. The van der Waals surface area contributed by atoms with Crippen LogP contribution in [0.15, 0.2) is 79.0 Å². The van der Waals surface area contributed by atoms with E-state index in [9.17, 15) is 0 Å². The van der Waals surface area contributed by atoms with Gasteiger partial charge < -0.3 is 19.5 Å². The smallest absolute Gasteiger partial charge is 0.162 e. The normalized spacial score (nSPS) is 10.5. The molecule has 0 aliphatic carbocycles. The number of benzene rings is 3. The van der Waals surface area contributed by atoms with Crippen LogP contribution in [0.25, 0.3) is 10.9 Å². The molecule has 4 aromatic rings. The first-order chi connectivity index (χ1) is 13.8. The molecule has 140 valence electrons. The molecule has 0 saturated carbocycles. The average Bonchev–Trinajstić information content (AvgIpc) is 2.75. The Kier molecular flexibility index (Phi) is 4.97. The third kappa shape index (κ3) is 3.69. The van der Waals surface area contributed by atoms with Gasteiger partial charge in [-0.15, -0.1) is 0 Å². The summed E-state index contributed by atoms with van der Waals surface area (Å²) in [6.45, 7) is 0. The Morgan fingerprint density at radius 2 is 1.43 bits per heavy atom. The van der Waals surface area contributed by atoms with Crippen LogP contribution >= 0.6 is 0 Å². The van der Waals surface area contributed by atoms with Gasteiger partial charge in [-0.2, -0.15) is 0 Å². The highest BCUT2D eigenvalue weighted by molar-refractivity contribution is 5.95. The molecule has 5 nitrogen and oxygen atoms in total. The van der Waals surface area contributed by atoms with Crippen LogP contribution in [-0.4, -0.2) is 19.2 Å². The Hall–Kier alpha value is -3.73. The zero-order valence-corrected chi connectivity index (χ0v) is 15.7. The van der Waals surface area contributed by atoms with Crippen molar-refractivity contribution in [3.8, 4) is 23.0 Å². The molecule has 5 heteroatoms. The Morgan fingerprint density at radius 3 is 2.14 bits per heavy atom. The predicted molar refractivity (Wildman–Crippen MR) is 111 cm³/mol. The van der Waals surface area contributed by atoms with Gasteiger partial charge in [0.15, 0.2) is 11.5 Å². The fourth-order valence-corrected chi connectivity index (χ4v) is 2.97. The highest BCUT2D eigenvalue weighted by atomic mass is 16.5. The number of aromatic nitrogens is 1. The predicted octanol–water partition coefficient (Wildman–Crippen LogP) is 5.79. The van der Waals surface area contributed by atoms with Crippen molar-refractivity contribution in [2.75, 3.05) is 19.5 Å². The van der Waals surface area contributed by atoms with Crippen molar-refractivity contribution in [3.63, 3.8) is 0 Å². The van der Waals surface area contributed by atoms with Crippen molar-refractivity contribution in [1.82, 2.24) is 4.98 Å². The second-order valence-corrected chi connectivity index (χ2v) is 6.15. The van der Waals surface area contributed by atoms with Crippen LogP contribution < -0.4 is 19.5 Å². The summed E-state index contributed by atoms with van der Waals surface area (Å²) in [5.41, 5.74) is 2.71. The number of methoxy groups -OCH3 is 2. The Balaban J connectivity index is 1.59. The van der Waals surface area contributed by atoms with E-state index in [0.29, 0.717) is 11.5 Å². The first kappa shape index (κ1) is 17.7. The molecular formula is C23H20N2O3. The van der Waals surface area contributed by atoms with E-state index < -0.39 is 0 Å². The number of nitrogens with zero attached hydrogens (tertiary/aromatic N) is 1. The van der Waals surface area contributed by atoms with Crippen LogP contribution in [0.3, 0.4) is 0 Å². The van der Waals surface area contributed by atoms with E-state index in [1.54, 1.807) is 20.4 Å². The lowest BCUT2D eigenvalue weighted by atomic mass is 10.1. The lowest BCUT2D eigenvalue weighted by Crippen LogP contribution is -1.95. The number of fused-ring (bicyclic) bond motifs is 1. The molecule has 3 aromatic carbocycles. The van der Waals surface area contributed by atoms with Gasteiger partial charge in [0.25, 0.3) is 0 Å². The SMILES string of the molecule is COc1cc2nccc(Nc3ccc(Oc4ccccc4)cc3)c2cc1OC. The number of nitrogens with one attached hydrogen (secondary N) is 1. The van der Waals surface area contributed by atoms with Crippen molar-refractivity contribution in [2.45, 2.75) is 0 Å². The molecule has 0 bridgehead atoms. The maximum absolute atomic E-state index is 5.84. The number of hydrogen-bond acceptors (Lipinski definition) is 5. The van der Waals surface area contributed by atoms with E-state index in [0.717, 1.165) is 33.8 Å². The maximum Gasteiger partial charge on any atom is 0.162 e. The minimum Gasteiger partial charge on any atom is -0.493 e. The van der Waals surface area contributed by atoms with Crippen LogP contribution in [-0.2, 0) is 0 Å². The molecule has 1 N–H and O–H groups in total. The third-order valence-electron chi connectivity index (χ3n) is 4.36. The fraction of sp³-hybridized carbons (Fsp3) is 0.0870. The highest BCUT2D eigenvalue weighted by Gasteiger charge is 2.10. The summed E-state index contributed by atoms with van der Waals surface area (Å²) in [4.78, 5) is 4.43. The lowest BCUT2D eigenvalue weighted by Gasteiger charge is -2.13. The Morgan fingerprint density at radius 1 is 0.750 bits per heavy atom. The summed E-state index contributed by atoms with van der Waals surface area (Å²) < 4.78 is 16.6. The standard InChI is InChI=1S/C23H20N2O3/c1-26-22-14-19-20(12-13-24-21(19)15-23(22)27-2)25-16-8-10-18(11-9-16)28-17-6-4-3-5-7-17/h3-15H,1-2H3,(H,24,25). The number of anilines is 2. The topological polar surface area (TPSA) is 52.6 Å². The lowest BCUT2D eigenvalue weighted by molar-refractivity contribution is 0.356. The van der Waals surface area contributed by atoms with Crippen LogP contribution in [0.5, 0.6) is 23.0 Å². The minimum atomic E-state index is 0.655. The molecule has 0 radical (unpaired) electrons. The first-order valence-electron chi connectivity index (χ1n) is 8.87. The number of rotatable bonds is 6. The van der Waals surface area contributed by atoms with Gasteiger partial charge in [-0.25, -0.2) is 0 Å². The highest BCUT2D eigenvalue weighted by Crippen LogP contribution is 2.35. The zero-order valence-electron chi connectivity index (χ0n) is 15.7. The van der Waals surface area contributed by atoms with E-state index in [4.69, 9.17) is 14.2 Å². The quantitative estimate of drug-likeness (QED) is 0.464. The van der Waals surface area contributed by atoms with Crippen molar-refractivity contribution in [2.24, 2.45) is 0 Å². The largest absolute Gasteiger partial charge is 0.493 e. The number of para-hydroxylation sites is 1. The zero-order chi connectivity index (χ0) is 19.3. The summed E-state index contributed by atoms with van der Waals surface area (Å²) in [5.74, 6) is 2.91. The molecule has 4 rings (SSSR count). The van der Waals surface area contributed by atoms with Gasteiger partial charge in [0.2, 0.25) is 0 Å². The van der Waals surface area contributed by atoms with Gasteiger partial charge in [-0.05, 0) is 48.5 Å². The summed E-state index contributed by atoms with van der Waals surface area (Å²) in [5, 5.41) is 4.38. The van der Waals surface area contributed by atoms with Gasteiger partial charge in [-0.3, -0.25) is 4.98 Å². The first-order valence-corrected chi connectivity index (χ1v) is 8.87. The van der Waals surface area contributed by atoms with E-state index in [1.807, 2.05) is 72.8 Å². The summed E-state index contributed by atoms with van der Waals surface area (Å²) >= 11 is 0. The molecule has 0 unspecified atom stereocenters. The molecule has 0 atom stereocenters. The number of pyridine rings is 1. The average molecular weight is 372 g/mol. The van der Waals surface area contributed by atoms with Gasteiger partial charge in [0, 0.05) is 29.0 Å². The molecule has 0 saturated heterocycles. The summed E-state index contributed by atoms with van der Waals surface area (Å²) in [6, 6.07) is 23.3. The molecule has 0 aliphatic rings. The number of hydrogen-bond donors (Lipinski definition) is 1. The van der Waals surface area contributed by atoms with Gasteiger partial charge in [0.05, 0.1) is 19.7 Å². The molecule has 0 spiro atoms. The Bertz CT molecular complexity index is 1080. The number of ether oxygens (including phenoxy) is 3. The van der Waals surface area contributed by atoms with Crippen LogP contribution in [0.1, 0.15) is 0 Å². The van der Waals surface area contributed by atoms with Gasteiger partial charge in [0.1, 0.15) is 11.5 Å². The third-order valence-corrected chi connectivity index (χ3v) is 4.36. The second kappa shape index (κ2) is 7.88. The van der Waals surface area contributed by atoms with E-state index in [1.165, 1.54) is 0 Å². The fourth-order valence-electron chi connectivity index (χ4n) is 2.97. The van der Waals surface area contributed by atoms with Crippen molar-refractivity contribution in [3.05, 3.63) is 79.0 Å². The maximum atomic E-state index is 5.84. The molecule has 0 fully saturated rings. The molecule has 1 heterocycles. The summed E-state index contributed by atoms with van der Waals surface area (Å²) in [7, 11) is 3.24. The van der Waals surface area contributed by atoms with Crippen LogP contribution in [0.2, 0.25) is 0 Å². The van der Waals surface area contributed by atoms with Crippen molar-refractivity contribution in [1.29, 1.82) is 0 Å². The van der Waals surface area contributed by atoms with Crippen LogP contribution in [0.4, 0.5) is 11.4 Å². The minimum absolute atomic E-state index is 0.655. The molecule has 0 aliphatic heterocycles. The Labute approximate surface area is 163 Å². The van der Waals surface area contributed by atoms with E-state index in [2.05, 4.69) is 10.3 Å². The summed E-state index contributed by atoms with van der Waals surface area (Å²) in [6.07, 6.45) is 1.77. The van der Waals surface area contributed by atoms with Gasteiger partial charge >= 0.3 is 0 Å². The van der Waals surface area contributed by atoms with Crippen molar-refractivity contribution >= 4 is 22.3 Å². The molecule has 0 amide bonds. The van der Waals surface area contributed by atoms with Gasteiger partial charge in [-0.1, -0.05) is 18.2 Å². The molecule has 28 heavy (non-hydrogen) atoms. The van der Waals surface area contributed by atoms with Crippen molar-refractivity contribution < 1.29 is 14.2 Å². The van der Waals surface area contributed by atoms with Crippen LogP contribution in [0, 0.1) is 0 Å². The molecular weight excluding hydrogens is 352 g/mol. The monoisotopic (exact) mass is 372 g/mol.